The van der Waals surface area contributed by atoms with Gasteiger partial charge >= 0.3 is 0 Å². The predicted octanol–water partition coefficient (Wildman–Crippen LogP) is 2.13. The summed E-state index contributed by atoms with van der Waals surface area (Å²) in [7, 11) is -3.48. The first-order chi connectivity index (χ1) is 9.90. The van der Waals surface area contributed by atoms with Gasteiger partial charge in [-0.1, -0.05) is 20.3 Å². The Hall–Kier alpha value is -1.11. The molecule has 2 unspecified atom stereocenters. The fourth-order valence-electron chi connectivity index (χ4n) is 1.77. The van der Waals surface area contributed by atoms with Gasteiger partial charge in [0.15, 0.2) is 0 Å². The van der Waals surface area contributed by atoms with Crippen molar-refractivity contribution >= 4 is 10.0 Å². The van der Waals surface area contributed by atoms with Gasteiger partial charge in [0.1, 0.15) is 5.75 Å². The van der Waals surface area contributed by atoms with Gasteiger partial charge in [-0.2, -0.15) is 0 Å². The Morgan fingerprint density at radius 3 is 2.38 bits per heavy atom. The minimum Gasteiger partial charge on any atom is -0.494 e. The van der Waals surface area contributed by atoms with E-state index in [4.69, 9.17) is 10.5 Å². The molecular formula is C15H26N2O3S. The van der Waals surface area contributed by atoms with Crippen LogP contribution in [0.2, 0.25) is 0 Å². The van der Waals surface area contributed by atoms with E-state index in [0.717, 1.165) is 12.8 Å². The van der Waals surface area contributed by atoms with E-state index in [1.54, 1.807) is 24.3 Å². The van der Waals surface area contributed by atoms with Crippen LogP contribution in [-0.4, -0.2) is 27.6 Å². The molecule has 0 spiro atoms. The molecule has 3 N–H and O–H groups in total. The van der Waals surface area contributed by atoms with Crippen LogP contribution in [0.3, 0.4) is 0 Å². The van der Waals surface area contributed by atoms with Gasteiger partial charge in [0.2, 0.25) is 10.0 Å². The van der Waals surface area contributed by atoms with E-state index in [9.17, 15) is 8.42 Å². The van der Waals surface area contributed by atoms with Crippen LogP contribution in [0.4, 0.5) is 0 Å². The zero-order chi connectivity index (χ0) is 15.9. The third-order valence-corrected chi connectivity index (χ3v) is 5.16. The molecule has 6 heteroatoms. The topological polar surface area (TPSA) is 81.4 Å². The van der Waals surface area contributed by atoms with Crippen LogP contribution in [0.15, 0.2) is 29.2 Å². The van der Waals surface area contributed by atoms with Crippen molar-refractivity contribution in [3.8, 4) is 5.75 Å². The van der Waals surface area contributed by atoms with Crippen molar-refractivity contribution in [2.24, 2.45) is 11.7 Å². The van der Waals surface area contributed by atoms with Gasteiger partial charge in [-0.15, -0.1) is 0 Å². The number of benzene rings is 1. The van der Waals surface area contributed by atoms with E-state index in [-0.39, 0.29) is 10.9 Å². The number of hydrogen-bond donors (Lipinski definition) is 2. The number of nitrogens with one attached hydrogen (secondary N) is 1. The van der Waals surface area contributed by atoms with Crippen molar-refractivity contribution in [3.63, 3.8) is 0 Å². The Morgan fingerprint density at radius 2 is 1.86 bits per heavy atom. The van der Waals surface area contributed by atoms with Crippen LogP contribution in [0.1, 0.15) is 33.6 Å². The summed E-state index contributed by atoms with van der Waals surface area (Å²) >= 11 is 0. The van der Waals surface area contributed by atoms with Crippen LogP contribution in [0.5, 0.6) is 5.75 Å². The fourth-order valence-corrected chi connectivity index (χ4v) is 3.12. The van der Waals surface area contributed by atoms with Crippen LogP contribution in [0.25, 0.3) is 0 Å². The van der Waals surface area contributed by atoms with Crippen molar-refractivity contribution in [2.45, 2.75) is 44.6 Å². The highest BCUT2D eigenvalue weighted by atomic mass is 32.2. The van der Waals surface area contributed by atoms with Gasteiger partial charge in [0.05, 0.1) is 11.5 Å². The van der Waals surface area contributed by atoms with Crippen LogP contribution in [-0.2, 0) is 10.0 Å². The minimum absolute atomic E-state index is 0.0968. The van der Waals surface area contributed by atoms with Crippen LogP contribution >= 0.6 is 0 Å². The smallest absolute Gasteiger partial charge is 0.240 e. The van der Waals surface area contributed by atoms with E-state index in [1.165, 1.54) is 0 Å². The van der Waals surface area contributed by atoms with Gasteiger partial charge < -0.3 is 10.5 Å². The number of rotatable bonds is 9. The van der Waals surface area contributed by atoms with E-state index < -0.39 is 10.0 Å². The summed E-state index contributed by atoms with van der Waals surface area (Å²) in [6.45, 7) is 7.07. The normalized spacial score (nSPS) is 14.7. The van der Waals surface area contributed by atoms with Crippen LogP contribution < -0.4 is 15.2 Å². The predicted molar refractivity (Wildman–Crippen MR) is 84.8 cm³/mol. The molecule has 0 saturated heterocycles. The molecule has 0 saturated carbocycles. The molecule has 1 rings (SSSR count). The molecule has 0 aromatic heterocycles. The van der Waals surface area contributed by atoms with Crippen LogP contribution in [0, 0.1) is 5.92 Å². The summed E-state index contributed by atoms with van der Waals surface area (Å²) in [6, 6.07) is 6.35. The molecule has 0 aliphatic carbocycles. The molecule has 21 heavy (non-hydrogen) atoms. The van der Waals surface area contributed by atoms with E-state index in [0.29, 0.717) is 24.8 Å². The monoisotopic (exact) mass is 314 g/mol. The quantitative estimate of drug-likeness (QED) is 0.684. The van der Waals surface area contributed by atoms with Gasteiger partial charge in [0.25, 0.3) is 0 Å². The van der Waals surface area contributed by atoms with Crippen molar-refractivity contribution in [1.29, 1.82) is 0 Å². The maximum atomic E-state index is 12.3. The number of ether oxygens (including phenoxy) is 1. The van der Waals surface area contributed by atoms with Crippen molar-refractivity contribution < 1.29 is 13.2 Å². The van der Waals surface area contributed by atoms with Crippen molar-refractivity contribution in [1.82, 2.24) is 4.72 Å². The van der Waals surface area contributed by atoms with Gasteiger partial charge in [0, 0.05) is 6.04 Å². The molecule has 0 heterocycles. The summed E-state index contributed by atoms with van der Waals surface area (Å²) in [4.78, 5) is 0.254. The second-order valence-electron chi connectivity index (χ2n) is 5.26. The minimum atomic E-state index is -3.48. The third kappa shape index (κ3) is 5.65. The summed E-state index contributed by atoms with van der Waals surface area (Å²) in [5.41, 5.74) is 5.39. The van der Waals surface area contributed by atoms with E-state index in [2.05, 4.69) is 4.72 Å². The lowest BCUT2D eigenvalue weighted by Gasteiger charge is -2.19. The number of nitrogens with two attached hydrogens (primary N) is 1. The second kappa shape index (κ2) is 8.36. The Bertz CT molecular complexity index is 514. The standard InChI is InChI=1S/C15H26N2O3S/c1-4-12(2)13(3)17-21(18,19)15-8-6-14(7-9-15)20-11-5-10-16/h6-9,12-13,17H,4-5,10-11,16H2,1-3H3. The largest absolute Gasteiger partial charge is 0.494 e. The fraction of sp³-hybridized carbons (Fsp3) is 0.600. The molecule has 0 amide bonds. The number of sulfonamides is 1. The second-order valence-corrected chi connectivity index (χ2v) is 6.97. The highest BCUT2D eigenvalue weighted by molar-refractivity contribution is 7.89. The average molecular weight is 314 g/mol. The zero-order valence-corrected chi connectivity index (χ0v) is 13.8. The molecule has 0 bridgehead atoms. The van der Waals surface area contributed by atoms with Gasteiger partial charge in [-0.3, -0.25) is 0 Å². The third-order valence-electron chi connectivity index (χ3n) is 3.59. The maximum absolute atomic E-state index is 12.3. The summed E-state index contributed by atoms with van der Waals surface area (Å²) < 4.78 is 32.7. The molecule has 0 radical (unpaired) electrons. The molecule has 0 aliphatic rings. The average Bonchev–Trinajstić information content (AvgIpc) is 2.46. The summed E-state index contributed by atoms with van der Waals surface area (Å²) in [5.74, 6) is 0.941. The molecule has 5 nitrogen and oxygen atoms in total. The summed E-state index contributed by atoms with van der Waals surface area (Å²) in [5, 5.41) is 0. The van der Waals surface area contributed by atoms with Crippen molar-refractivity contribution in [2.75, 3.05) is 13.2 Å². The molecule has 2 atom stereocenters. The lowest BCUT2D eigenvalue weighted by Crippen LogP contribution is -2.36. The van der Waals surface area contributed by atoms with Gasteiger partial charge in [-0.05, 0) is 50.1 Å². The SMILES string of the molecule is CCC(C)C(C)NS(=O)(=O)c1ccc(OCCCN)cc1. The number of hydrogen-bond acceptors (Lipinski definition) is 4. The van der Waals surface area contributed by atoms with Gasteiger partial charge in [-0.25, -0.2) is 13.1 Å². The first kappa shape index (κ1) is 17.9. The first-order valence-electron chi connectivity index (χ1n) is 7.36. The molecule has 0 fully saturated rings. The van der Waals surface area contributed by atoms with E-state index >= 15 is 0 Å². The molecule has 0 aliphatic heterocycles. The highest BCUT2D eigenvalue weighted by Crippen LogP contribution is 2.17. The Balaban J connectivity index is 2.71. The Labute approximate surface area is 127 Å². The highest BCUT2D eigenvalue weighted by Gasteiger charge is 2.20. The summed E-state index contributed by atoms with van der Waals surface area (Å²) in [6.07, 6.45) is 1.70. The Kier molecular flexibility index (Phi) is 7.14. The Morgan fingerprint density at radius 1 is 1.24 bits per heavy atom. The van der Waals surface area contributed by atoms with E-state index in [1.807, 2.05) is 20.8 Å². The molecule has 1 aromatic carbocycles. The molecule has 120 valence electrons. The first-order valence-corrected chi connectivity index (χ1v) is 8.84. The lowest BCUT2D eigenvalue weighted by molar-refractivity contribution is 0.313. The lowest BCUT2D eigenvalue weighted by atomic mass is 10.0. The van der Waals surface area contributed by atoms with Crippen molar-refractivity contribution in [3.05, 3.63) is 24.3 Å². The maximum Gasteiger partial charge on any atom is 0.240 e. The molecule has 1 aromatic rings. The zero-order valence-electron chi connectivity index (χ0n) is 13.0. The molecular weight excluding hydrogens is 288 g/mol.